The van der Waals surface area contributed by atoms with Gasteiger partial charge in [0.25, 0.3) is 5.91 Å². The predicted octanol–water partition coefficient (Wildman–Crippen LogP) is -0.551. The van der Waals surface area contributed by atoms with E-state index in [0.717, 1.165) is 6.26 Å². The van der Waals surface area contributed by atoms with Crippen molar-refractivity contribution in [3.8, 4) is 0 Å². The largest absolute Gasteiger partial charge is 0.477 e. The van der Waals surface area contributed by atoms with Crippen molar-refractivity contribution >= 4 is 21.9 Å². The molecule has 0 aliphatic heterocycles. The molecule has 0 saturated heterocycles. The molecule has 9 heteroatoms. The summed E-state index contributed by atoms with van der Waals surface area (Å²) in [6, 6.07) is 4.11. The summed E-state index contributed by atoms with van der Waals surface area (Å²) in [5, 5.41) is 11.3. The van der Waals surface area contributed by atoms with Gasteiger partial charge in [0.2, 0.25) is 10.0 Å². The van der Waals surface area contributed by atoms with Crippen LogP contribution in [0.1, 0.15) is 27.4 Å². The Morgan fingerprint density at radius 3 is 2.50 bits per heavy atom. The van der Waals surface area contributed by atoms with Crippen molar-refractivity contribution in [2.75, 3.05) is 19.3 Å². The van der Waals surface area contributed by atoms with E-state index in [1.807, 2.05) is 0 Å². The van der Waals surface area contributed by atoms with Crippen molar-refractivity contribution in [1.29, 1.82) is 0 Å². The van der Waals surface area contributed by atoms with E-state index in [-0.39, 0.29) is 24.5 Å². The van der Waals surface area contributed by atoms with Crippen molar-refractivity contribution in [3.05, 3.63) is 29.6 Å². The molecule has 8 nitrogen and oxygen atoms in total. The van der Waals surface area contributed by atoms with Crippen molar-refractivity contribution in [2.24, 2.45) is 0 Å². The first-order valence-corrected chi connectivity index (χ1v) is 7.62. The molecule has 1 heterocycles. The highest BCUT2D eigenvalue weighted by molar-refractivity contribution is 7.88. The fourth-order valence-electron chi connectivity index (χ4n) is 1.32. The molecule has 0 unspecified atom stereocenters. The van der Waals surface area contributed by atoms with Gasteiger partial charge in [-0.25, -0.2) is 22.9 Å². The number of nitrogens with zero attached hydrogens (tertiary/aromatic N) is 1. The number of carboxylic acid groups (broad SMARTS) is 1. The highest BCUT2D eigenvalue weighted by Crippen LogP contribution is 1.99. The third-order valence-electron chi connectivity index (χ3n) is 2.20. The average Bonchev–Trinajstić information content (AvgIpc) is 2.37. The van der Waals surface area contributed by atoms with E-state index in [4.69, 9.17) is 5.11 Å². The van der Waals surface area contributed by atoms with Crippen LogP contribution in [-0.2, 0) is 10.0 Å². The van der Waals surface area contributed by atoms with Crippen LogP contribution in [-0.4, -0.2) is 49.7 Å². The van der Waals surface area contributed by atoms with E-state index in [9.17, 15) is 18.0 Å². The number of rotatable bonds is 7. The lowest BCUT2D eigenvalue weighted by atomic mass is 10.3. The molecule has 0 fully saturated rings. The number of carbonyl (C=O) groups excluding carboxylic acids is 1. The van der Waals surface area contributed by atoms with Crippen LogP contribution >= 0.6 is 0 Å². The van der Waals surface area contributed by atoms with E-state index in [1.54, 1.807) is 0 Å². The first-order chi connectivity index (χ1) is 9.29. The summed E-state index contributed by atoms with van der Waals surface area (Å²) in [6.45, 7) is 0.460. The Morgan fingerprint density at radius 2 is 1.90 bits per heavy atom. The molecule has 1 amide bonds. The van der Waals surface area contributed by atoms with Gasteiger partial charge in [-0.15, -0.1) is 0 Å². The number of aromatic carboxylic acids is 1. The Balaban J connectivity index is 2.43. The summed E-state index contributed by atoms with van der Waals surface area (Å²) in [4.78, 5) is 26.1. The van der Waals surface area contributed by atoms with Crippen molar-refractivity contribution in [3.63, 3.8) is 0 Å². The Morgan fingerprint density at radius 1 is 1.25 bits per heavy atom. The fourth-order valence-corrected chi connectivity index (χ4v) is 1.83. The zero-order valence-corrected chi connectivity index (χ0v) is 11.6. The fraction of sp³-hybridized carbons (Fsp3) is 0.364. The number of hydrogen-bond donors (Lipinski definition) is 3. The lowest BCUT2D eigenvalue weighted by molar-refractivity contribution is 0.0690. The quantitative estimate of drug-likeness (QED) is 0.580. The molecule has 0 atom stereocenters. The minimum Gasteiger partial charge on any atom is -0.477 e. The van der Waals surface area contributed by atoms with Gasteiger partial charge in [-0.2, -0.15) is 0 Å². The van der Waals surface area contributed by atoms with Crippen LogP contribution in [0.3, 0.4) is 0 Å². The number of aromatic nitrogens is 1. The molecular weight excluding hydrogens is 286 g/mol. The van der Waals surface area contributed by atoms with E-state index in [2.05, 4.69) is 15.0 Å². The van der Waals surface area contributed by atoms with E-state index in [1.165, 1.54) is 18.2 Å². The lowest BCUT2D eigenvalue weighted by Crippen LogP contribution is -2.30. The lowest BCUT2D eigenvalue weighted by Gasteiger charge is -2.05. The minimum absolute atomic E-state index is 0.000900. The SMILES string of the molecule is CS(=O)(=O)NCCCNC(=O)c1cccc(C(=O)O)n1. The third-order valence-corrected chi connectivity index (χ3v) is 2.93. The van der Waals surface area contributed by atoms with Gasteiger partial charge in [0, 0.05) is 13.1 Å². The second-order valence-electron chi connectivity index (χ2n) is 3.99. The number of nitrogens with one attached hydrogen (secondary N) is 2. The molecule has 1 rings (SSSR count). The molecule has 0 aromatic carbocycles. The smallest absolute Gasteiger partial charge is 0.354 e. The minimum atomic E-state index is -3.23. The second-order valence-corrected chi connectivity index (χ2v) is 5.82. The molecule has 0 saturated carbocycles. The summed E-state index contributed by atoms with van der Waals surface area (Å²) in [6.07, 6.45) is 1.46. The van der Waals surface area contributed by atoms with Crippen LogP contribution in [0.25, 0.3) is 0 Å². The van der Waals surface area contributed by atoms with Gasteiger partial charge in [-0.1, -0.05) is 6.07 Å². The Hall–Kier alpha value is -2.00. The van der Waals surface area contributed by atoms with Crippen molar-refractivity contribution in [2.45, 2.75) is 6.42 Å². The number of hydrogen-bond acceptors (Lipinski definition) is 5. The first kappa shape index (κ1) is 16.1. The van der Waals surface area contributed by atoms with Crippen LogP contribution < -0.4 is 10.0 Å². The summed E-state index contributed by atoms with van der Waals surface area (Å²) >= 11 is 0. The molecule has 0 bridgehead atoms. The van der Waals surface area contributed by atoms with Crippen LogP contribution in [0.4, 0.5) is 0 Å². The summed E-state index contributed by atoms with van der Waals surface area (Å²) in [7, 11) is -3.23. The van der Waals surface area contributed by atoms with Gasteiger partial charge in [-0.05, 0) is 18.6 Å². The van der Waals surface area contributed by atoms with Crippen LogP contribution in [0.15, 0.2) is 18.2 Å². The summed E-state index contributed by atoms with van der Waals surface area (Å²) in [5.41, 5.74) is -0.211. The maximum atomic E-state index is 11.7. The molecule has 3 N–H and O–H groups in total. The topological polar surface area (TPSA) is 125 Å². The molecule has 1 aromatic heterocycles. The maximum Gasteiger partial charge on any atom is 0.354 e. The van der Waals surface area contributed by atoms with Crippen molar-refractivity contribution in [1.82, 2.24) is 15.0 Å². The monoisotopic (exact) mass is 301 g/mol. The standard InChI is InChI=1S/C11H15N3O5S/c1-20(18,19)13-7-3-6-12-10(15)8-4-2-5-9(14-8)11(16)17/h2,4-5,13H,3,6-7H2,1H3,(H,12,15)(H,16,17). The zero-order valence-electron chi connectivity index (χ0n) is 10.8. The molecule has 0 aliphatic carbocycles. The third kappa shape index (κ3) is 5.76. The van der Waals surface area contributed by atoms with E-state index >= 15 is 0 Å². The number of carboxylic acids is 1. The van der Waals surface area contributed by atoms with Crippen LogP contribution in [0.5, 0.6) is 0 Å². The number of pyridine rings is 1. The Bertz CT molecular complexity index is 600. The number of amides is 1. The maximum absolute atomic E-state index is 11.7. The highest BCUT2D eigenvalue weighted by atomic mass is 32.2. The second kappa shape index (κ2) is 6.96. The molecule has 0 spiro atoms. The van der Waals surface area contributed by atoms with E-state index < -0.39 is 21.9 Å². The molecule has 0 radical (unpaired) electrons. The number of carbonyl (C=O) groups is 2. The molecule has 0 aliphatic rings. The molecule has 110 valence electrons. The van der Waals surface area contributed by atoms with Gasteiger partial charge in [0.05, 0.1) is 6.26 Å². The molecule has 20 heavy (non-hydrogen) atoms. The van der Waals surface area contributed by atoms with Crippen molar-refractivity contribution < 1.29 is 23.1 Å². The van der Waals surface area contributed by atoms with Gasteiger partial charge in [0.15, 0.2) is 0 Å². The predicted molar refractivity (Wildman–Crippen MR) is 71.0 cm³/mol. The highest BCUT2D eigenvalue weighted by Gasteiger charge is 2.10. The summed E-state index contributed by atoms with van der Waals surface area (Å²) in [5.74, 6) is -1.72. The van der Waals surface area contributed by atoms with Crippen LogP contribution in [0, 0.1) is 0 Å². The van der Waals surface area contributed by atoms with Gasteiger partial charge < -0.3 is 10.4 Å². The zero-order chi connectivity index (χ0) is 15.2. The molecular formula is C11H15N3O5S. The normalized spacial score (nSPS) is 11.1. The van der Waals surface area contributed by atoms with Gasteiger partial charge >= 0.3 is 5.97 Å². The van der Waals surface area contributed by atoms with E-state index in [0.29, 0.717) is 6.42 Å². The Labute approximate surface area is 116 Å². The molecule has 1 aromatic rings. The Kier molecular flexibility index (Phi) is 5.59. The van der Waals surface area contributed by atoms with Crippen LogP contribution in [0.2, 0.25) is 0 Å². The van der Waals surface area contributed by atoms with Gasteiger partial charge in [-0.3, -0.25) is 4.79 Å². The summed E-state index contributed by atoms with van der Waals surface area (Å²) < 4.78 is 23.9. The number of sulfonamides is 1. The average molecular weight is 301 g/mol. The first-order valence-electron chi connectivity index (χ1n) is 5.73. The van der Waals surface area contributed by atoms with Gasteiger partial charge in [0.1, 0.15) is 11.4 Å².